The number of fused-ring (bicyclic) bond motifs is 1. The van der Waals surface area contributed by atoms with Gasteiger partial charge in [0.1, 0.15) is 0 Å². The van der Waals surface area contributed by atoms with Crippen molar-refractivity contribution in [2.24, 2.45) is 0 Å². The Morgan fingerprint density at radius 1 is 1.00 bits per heavy atom. The molecule has 1 aliphatic heterocycles. The molecular weight excluding hydrogens is 384 g/mol. The van der Waals surface area contributed by atoms with Gasteiger partial charge in [-0.25, -0.2) is 4.79 Å². The Kier molecular flexibility index (Phi) is 5.82. The molecule has 0 radical (unpaired) electrons. The van der Waals surface area contributed by atoms with Crippen LogP contribution >= 0.6 is 0 Å². The normalized spacial score (nSPS) is 12.7. The van der Waals surface area contributed by atoms with Crippen LogP contribution in [0.4, 0.5) is 0 Å². The lowest BCUT2D eigenvalue weighted by Gasteiger charge is -2.09. The molecule has 2 amide bonds. The van der Waals surface area contributed by atoms with Crippen molar-refractivity contribution in [3.05, 3.63) is 83.2 Å². The lowest BCUT2D eigenvalue weighted by molar-refractivity contribution is 0.0474. The van der Waals surface area contributed by atoms with E-state index in [0.717, 1.165) is 16.3 Å². The van der Waals surface area contributed by atoms with Crippen molar-refractivity contribution in [2.75, 3.05) is 13.2 Å². The molecule has 2 heterocycles. The highest BCUT2D eigenvalue weighted by Gasteiger charge is 2.35. The summed E-state index contributed by atoms with van der Waals surface area (Å²) in [5.74, 6) is -1.99. The van der Waals surface area contributed by atoms with Crippen LogP contribution in [0.3, 0.4) is 0 Å². The Balaban J connectivity index is 1.73. The molecule has 0 aliphatic carbocycles. The minimum atomic E-state index is -0.742. The van der Waals surface area contributed by atoms with E-state index in [1.165, 1.54) is 24.3 Å². The molecule has 7 nitrogen and oxygen atoms in total. The van der Waals surface area contributed by atoms with Crippen molar-refractivity contribution in [1.29, 1.82) is 0 Å². The molecule has 1 aliphatic rings. The summed E-state index contributed by atoms with van der Waals surface area (Å²) in [5, 5.41) is 0. The van der Waals surface area contributed by atoms with Crippen LogP contribution in [0, 0.1) is 13.8 Å². The first-order valence-corrected chi connectivity index (χ1v) is 9.39. The lowest BCUT2D eigenvalue weighted by atomic mass is 10.1. The van der Waals surface area contributed by atoms with Gasteiger partial charge in [0.15, 0.2) is 6.61 Å². The molecule has 154 valence electrons. The smallest absolute Gasteiger partial charge is 0.338 e. The van der Waals surface area contributed by atoms with Gasteiger partial charge in [0.05, 0.1) is 16.7 Å². The Morgan fingerprint density at radius 2 is 1.67 bits per heavy atom. The van der Waals surface area contributed by atoms with Crippen LogP contribution in [0.2, 0.25) is 0 Å². The average molecular weight is 406 g/mol. The number of aromatic nitrogens is 1. The number of carbonyl (C=O) groups is 4. The summed E-state index contributed by atoms with van der Waals surface area (Å²) >= 11 is 0. The number of amides is 2. The molecule has 7 heteroatoms. The molecule has 0 spiro atoms. The van der Waals surface area contributed by atoms with E-state index in [9.17, 15) is 19.2 Å². The highest BCUT2D eigenvalue weighted by atomic mass is 16.5. The van der Waals surface area contributed by atoms with Crippen LogP contribution < -0.4 is 0 Å². The third kappa shape index (κ3) is 3.61. The van der Waals surface area contributed by atoms with Gasteiger partial charge < -0.3 is 9.30 Å². The van der Waals surface area contributed by atoms with Gasteiger partial charge in [-0.3, -0.25) is 19.3 Å². The number of esters is 1. The summed E-state index contributed by atoms with van der Waals surface area (Å²) in [5.41, 5.74) is 2.63. The van der Waals surface area contributed by atoms with Crippen molar-refractivity contribution in [1.82, 2.24) is 9.47 Å². The Bertz CT molecular complexity index is 1090. The van der Waals surface area contributed by atoms with Crippen molar-refractivity contribution >= 4 is 23.6 Å². The van der Waals surface area contributed by atoms with E-state index < -0.39 is 24.4 Å². The number of hydrogen-bond donors (Lipinski definition) is 0. The number of allylic oxidation sites excluding steroid dienone is 1. The second kappa shape index (κ2) is 8.32. The molecule has 1 aromatic carbocycles. The summed E-state index contributed by atoms with van der Waals surface area (Å²) < 4.78 is 7.11. The number of benzene rings is 1. The van der Waals surface area contributed by atoms with Gasteiger partial charge in [0, 0.05) is 30.0 Å². The molecule has 0 saturated heterocycles. The third-order valence-electron chi connectivity index (χ3n) is 5.04. The molecule has 3 rings (SSSR count). The number of ketones is 1. The maximum absolute atomic E-state index is 12.5. The monoisotopic (exact) mass is 406 g/mol. The quantitative estimate of drug-likeness (QED) is 0.291. The minimum absolute atomic E-state index is 0.0882. The molecule has 0 fully saturated rings. The molecular formula is C23H22N2O5. The van der Waals surface area contributed by atoms with Crippen molar-refractivity contribution in [3.63, 3.8) is 0 Å². The number of nitrogens with zero attached hydrogens (tertiary/aromatic N) is 2. The highest BCUT2D eigenvalue weighted by Crippen LogP contribution is 2.24. The number of rotatable bonds is 8. The Morgan fingerprint density at radius 3 is 2.33 bits per heavy atom. The maximum Gasteiger partial charge on any atom is 0.338 e. The zero-order valence-corrected chi connectivity index (χ0v) is 16.9. The fourth-order valence-electron chi connectivity index (χ4n) is 3.50. The summed E-state index contributed by atoms with van der Waals surface area (Å²) in [7, 11) is 0. The first-order valence-electron chi connectivity index (χ1n) is 9.39. The third-order valence-corrected chi connectivity index (χ3v) is 5.04. The van der Waals surface area contributed by atoms with E-state index in [1.807, 2.05) is 18.4 Å². The predicted molar refractivity (Wildman–Crippen MR) is 111 cm³/mol. The number of aryl methyl sites for hydroxylation is 1. The molecule has 1 aromatic heterocycles. The van der Waals surface area contributed by atoms with Crippen LogP contribution in [0.15, 0.2) is 49.6 Å². The van der Waals surface area contributed by atoms with Crippen LogP contribution in [-0.2, 0) is 11.3 Å². The largest absolute Gasteiger partial charge is 0.454 e. The fraction of sp³-hybridized carbons (Fsp3) is 0.217. The van der Waals surface area contributed by atoms with E-state index in [2.05, 4.69) is 13.2 Å². The van der Waals surface area contributed by atoms with Crippen LogP contribution in [0.25, 0.3) is 0 Å². The number of imide groups is 1. The first kappa shape index (κ1) is 21.0. The van der Waals surface area contributed by atoms with Gasteiger partial charge in [0.2, 0.25) is 5.78 Å². The second-order valence-corrected chi connectivity index (χ2v) is 6.95. The van der Waals surface area contributed by atoms with Crippen LogP contribution in [0.1, 0.15) is 52.8 Å². The van der Waals surface area contributed by atoms with Gasteiger partial charge in [0.25, 0.3) is 11.8 Å². The summed E-state index contributed by atoms with van der Waals surface area (Å²) in [6, 6.07) is 5.90. The average Bonchev–Trinajstić information content (AvgIpc) is 3.15. The zero-order chi connectivity index (χ0) is 22.0. The van der Waals surface area contributed by atoms with Crippen LogP contribution in [-0.4, -0.2) is 46.2 Å². The summed E-state index contributed by atoms with van der Waals surface area (Å²) in [6.07, 6.45) is 3.19. The number of ether oxygens (including phenoxy) is 1. The number of carbonyl (C=O) groups excluding carboxylic acids is 4. The van der Waals surface area contributed by atoms with E-state index in [1.54, 1.807) is 12.1 Å². The molecule has 0 bridgehead atoms. The molecule has 0 unspecified atom stereocenters. The van der Waals surface area contributed by atoms with E-state index in [4.69, 9.17) is 4.74 Å². The Labute approximate surface area is 174 Å². The predicted octanol–water partition coefficient (Wildman–Crippen LogP) is 3.11. The van der Waals surface area contributed by atoms with Crippen molar-refractivity contribution < 1.29 is 23.9 Å². The Hall–Kier alpha value is -3.74. The molecule has 2 aromatic rings. The van der Waals surface area contributed by atoms with Gasteiger partial charge in [-0.15, -0.1) is 13.2 Å². The first-order chi connectivity index (χ1) is 14.3. The molecule has 0 saturated carbocycles. The minimum Gasteiger partial charge on any atom is -0.454 e. The number of hydrogen-bond acceptors (Lipinski definition) is 5. The van der Waals surface area contributed by atoms with Gasteiger partial charge in [-0.2, -0.15) is 0 Å². The van der Waals surface area contributed by atoms with Crippen molar-refractivity contribution in [3.8, 4) is 0 Å². The SMILES string of the molecule is C=CCN1C(=O)c2ccc(C(=O)OCC(=O)c3cc(C)n(CC=C)c3C)cc2C1=O. The number of Topliss-reactive ketones (excluding diaryl/α,β-unsaturated/α-hetero) is 1. The molecule has 0 N–H and O–H groups in total. The van der Waals surface area contributed by atoms with Crippen molar-refractivity contribution in [2.45, 2.75) is 20.4 Å². The van der Waals surface area contributed by atoms with Crippen LogP contribution in [0.5, 0.6) is 0 Å². The molecule has 30 heavy (non-hydrogen) atoms. The van der Waals surface area contributed by atoms with Gasteiger partial charge in [-0.05, 0) is 38.1 Å². The molecule has 0 atom stereocenters. The topological polar surface area (TPSA) is 85.7 Å². The van der Waals surface area contributed by atoms with E-state index in [0.29, 0.717) is 12.1 Å². The maximum atomic E-state index is 12.5. The van der Waals surface area contributed by atoms with E-state index in [-0.39, 0.29) is 29.0 Å². The summed E-state index contributed by atoms with van der Waals surface area (Å²) in [6.45, 7) is 11.2. The zero-order valence-electron chi connectivity index (χ0n) is 16.9. The van der Waals surface area contributed by atoms with E-state index >= 15 is 0 Å². The highest BCUT2D eigenvalue weighted by molar-refractivity contribution is 6.22. The van der Waals surface area contributed by atoms with Gasteiger partial charge in [-0.1, -0.05) is 12.2 Å². The summed E-state index contributed by atoms with van der Waals surface area (Å²) in [4.78, 5) is 50.6. The second-order valence-electron chi connectivity index (χ2n) is 6.95. The fourth-order valence-corrected chi connectivity index (χ4v) is 3.50. The lowest BCUT2D eigenvalue weighted by Crippen LogP contribution is -2.29. The standard InChI is InChI=1S/C23H22N2O5/c1-5-9-24-14(3)11-18(15(24)4)20(26)13-30-23(29)16-7-8-17-19(12-16)22(28)25(10-6-2)21(17)27/h5-8,11-12H,1-2,9-10,13H2,3-4H3. The van der Waals surface area contributed by atoms with Gasteiger partial charge >= 0.3 is 5.97 Å².